The first-order valence-corrected chi connectivity index (χ1v) is 8.15. The van der Waals surface area contributed by atoms with Crippen molar-refractivity contribution in [1.29, 1.82) is 0 Å². The van der Waals surface area contributed by atoms with Gasteiger partial charge in [0.25, 0.3) is 0 Å². The molecule has 6 heteroatoms. The summed E-state index contributed by atoms with van der Waals surface area (Å²) in [4.78, 5) is 35.0. The Kier molecular flexibility index (Phi) is 5.17. The van der Waals surface area contributed by atoms with Gasteiger partial charge in [-0.2, -0.15) is 0 Å². The molecular weight excluding hydrogens is 348 g/mol. The monoisotopic (exact) mass is 364 g/mol. The first kappa shape index (κ1) is 18.1. The number of hydrogen-bond donors (Lipinski definition) is 0. The van der Waals surface area contributed by atoms with E-state index in [1.54, 1.807) is 30.4 Å². The third-order valence-corrected chi connectivity index (χ3v) is 3.92. The summed E-state index contributed by atoms with van der Waals surface area (Å²) in [5.74, 6) is -0.150. The molecule has 1 heterocycles. The van der Waals surface area contributed by atoms with Crippen LogP contribution in [0.1, 0.15) is 18.1 Å². The molecule has 27 heavy (non-hydrogen) atoms. The van der Waals surface area contributed by atoms with E-state index in [2.05, 4.69) is 13.2 Å². The zero-order valence-corrected chi connectivity index (χ0v) is 14.3. The fourth-order valence-electron chi connectivity index (χ4n) is 2.60. The standard InChI is InChI=1S/C21H16O6/c1-3-20(23)25-14-7-5-13(6-8-14)19-12-17(22)16-11-15(26-21(24)4-2)9-10-18(16)27-19/h3-5,7-13H,1-2,6H2. The Morgan fingerprint density at radius 3 is 2.52 bits per heavy atom. The highest BCUT2D eigenvalue weighted by Gasteiger charge is 2.17. The lowest BCUT2D eigenvalue weighted by atomic mass is 9.96. The topological polar surface area (TPSA) is 82.8 Å². The minimum Gasteiger partial charge on any atom is -0.460 e. The Bertz CT molecular complexity index is 1050. The van der Waals surface area contributed by atoms with Crippen molar-refractivity contribution in [2.75, 3.05) is 0 Å². The number of carbonyl (C=O) groups excluding carboxylic acids is 2. The Hall–Kier alpha value is -3.67. The molecule has 3 rings (SSSR count). The normalized spacial score (nSPS) is 15.7. The minimum atomic E-state index is -0.609. The molecule has 0 spiro atoms. The predicted octanol–water partition coefficient (Wildman–Crippen LogP) is 3.54. The molecule has 0 N–H and O–H groups in total. The van der Waals surface area contributed by atoms with E-state index >= 15 is 0 Å². The number of hydrogen-bond acceptors (Lipinski definition) is 6. The highest BCUT2D eigenvalue weighted by Crippen LogP contribution is 2.29. The van der Waals surface area contributed by atoms with Crippen LogP contribution in [0.15, 0.2) is 82.8 Å². The molecule has 1 atom stereocenters. The Morgan fingerprint density at radius 2 is 1.85 bits per heavy atom. The highest BCUT2D eigenvalue weighted by molar-refractivity contribution is 5.85. The van der Waals surface area contributed by atoms with E-state index in [0.29, 0.717) is 28.9 Å². The maximum atomic E-state index is 12.5. The van der Waals surface area contributed by atoms with Gasteiger partial charge in [-0.25, -0.2) is 9.59 Å². The van der Waals surface area contributed by atoms with Crippen molar-refractivity contribution in [3.8, 4) is 5.75 Å². The number of rotatable bonds is 5. The van der Waals surface area contributed by atoms with Crippen molar-refractivity contribution in [1.82, 2.24) is 0 Å². The second kappa shape index (κ2) is 7.70. The second-order valence-electron chi connectivity index (χ2n) is 5.73. The average Bonchev–Trinajstić information content (AvgIpc) is 2.68. The van der Waals surface area contributed by atoms with Crippen LogP contribution in [0.5, 0.6) is 5.75 Å². The van der Waals surface area contributed by atoms with Gasteiger partial charge in [0.05, 0.1) is 5.39 Å². The minimum absolute atomic E-state index is 0.161. The molecule has 0 saturated carbocycles. The molecule has 0 amide bonds. The van der Waals surface area contributed by atoms with Gasteiger partial charge < -0.3 is 13.9 Å². The number of esters is 2. The van der Waals surface area contributed by atoms with E-state index in [0.717, 1.165) is 12.2 Å². The van der Waals surface area contributed by atoms with Gasteiger partial charge >= 0.3 is 11.9 Å². The van der Waals surface area contributed by atoms with E-state index < -0.39 is 11.9 Å². The summed E-state index contributed by atoms with van der Waals surface area (Å²) < 4.78 is 15.9. The lowest BCUT2D eigenvalue weighted by Crippen LogP contribution is -2.08. The smallest absolute Gasteiger partial charge is 0.335 e. The van der Waals surface area contributed by atoms with Gasteiger partial charge in [-0.15, -0.1) is 0 Å². The van der Waals surface area contributed by atoms with E-state index in [1.165, 1.54) is 12.1 Å². The van der Waals surface area contributed by atoms with Crippen LogP contribution in [0.2, 0.25) is 0 Å². The van der Waals surface area contributed by atoms with Crippen LogP contribution in [0.3, 0.4) is 0 Å². The summed E-state index contributed by atoms with van der Waals surface area (Å²) in [6, 6.07) is 5.98. The number of ether oxygens (including phenoxy) is 2. The lowest BCUT2D eigenvalue weighted by Gasteiger charge is -2.15. The van der Waals surface area contributed by atoms with E-state index in [1.807, 2.05) is 0 Å². The Balaban J connectivity index is 1.84. The molecule has 1 aliphatic carbocycles. The van der Waals surface area contributed by atoms with Crippen molar-refractivity contribution in [3.63, 3.8) is 0 Å². The van der Waals surface area contributed by atoms with Crippen molar-refractivity contribution in [2.24, 2.45) is 0 Å². The van der Waals surface area contributed by atoms with Crippen LogP contribution in [-0.2, 0) is 14.3 Å². The van der Waals surface area contributed by atoms with Crippen molar-refractivity contribution < 1.29 is 23.5 Å². The summed E-state index contributed by atoms with van der Waals surface area (Å²) >= 11 is 0. The largest absolute Gasteiger partial charge is 0.460 e. The summed E-state index contributed by atoms with van der Waals surface area (Å²) in [5.41, 5.74) is 0.140. The fourth-order valence-corrected chi connectivity index (χ4v) is 2.60. The molecule has 1 aliphatic rings. The quantitative estimate of drug-likeness (QED) is 0.458. The molecule has 1 aromatic carbocycles. The van der Waals surface area contributed by atoms with Crippen LogP contribution in [-0.4, -0.2) is 11.9 Å². The Labute approximate surface area is 154 Å². The molecule has 2 aromatic rings. The Morgan fingerprint density at radius 1 is 1.11 bits per heavy atom. The highest BCUT2D eigenvalue weighted by atomic mass is 16.5. The van der Waals surface area contributed by atoms with Crippen molar-refractivity contribution in [2.45, 2.75) is 12.3 Å². The molecule has 136 valence electrons. The maximum Gasteiger partial charge on any atom is 0.335 e. The molecule has 6 nitrogen and oxygen atoms in total. The van der Waals surface area contributed by atoms with Gasteiger partial charge in [0, 0.05) is 24.1 Å². The van der Waals surface area contributed by atoms with Crippen LogP contribution in [0, 0.1) is 0 Å². The zero-order valence-electron chi connectivity index (χ0n) is 14.3. The third kappa shape index (κ3) is 4.12. The van der Waals surface area contributed by atoms with E-state index in [9.17, 15) is 14.4 Å². The van der Waals surface area contributed by atoms with Crippen molar-refractivity contribution in [3.05, 3.63) is 89.5 Å². The van der Waals surface area contributed by atoms with Gasteiger partial charge in [-0.1, -0.05) is 19.2 Å². The van der Waals surface area contributed by atoms with Gasteiger partial charge in [0.2, 0.25) is 0 Å². The lowest BCUT2D eigenvalue weighted by molar-refractivity contribution is -0.133. The van der Waals surface area contributed by atoms with E-state index in [4.69, 9.17) is 13.9 Å². The van der Waals surface area contributed by atoms with Crippen LogP contribution < -0.4 is 10.2 Å². The molecule has 0 fully saturated rings. The van der Waals surface area contributed by atoms with Gasteiger partial charge in [-0.3, -0.25) is 4.79 Å². The van der Waals surface area contributed by atoms with E-state index in [-0.39, 0.29) is 17.1 Å². The molecule has 1 aromatic heterocycles. The fraction of sp³-hybridized carbons (Fsp3) is 0.0952. The summed E-state index contributed by atoms with van der Waals surface area (Å²) in [6.07, 6.45) is 7.84. The zero-order chi connectivity index (χ0) is 19.4. The third-order valence-electron chi connectivity index (χ3n) is 3.92. The predicted molar refractivity (Wildman–Crippen MR) is 99.2 cm³/mol. The van der Waals surface area contributed by atoms with Crippen LogP contribution in [0.25, 0.3) is 11.0 Å². The molecule has 0 radical (unpaired) electrons. The van der Waals surface area contributed by atoms with Gasteiger partial charge in [0.1, 0.15) is 22.9 Å². The molecule has 0 saturated heterocycles. The molecule has 0 aliphatic heterocycles. The van der Waals surface area contributed by atoms with Crippen molar-refractivity contribution >= 4 is 22.9 Å². The van der Waals surface area contributed by atoms with Crippen LogP contribution >= 0.6 is 0 Å². The average molecular weight is 364 g/mol. The second-order valence-corrected chi connectivity index (χ2v) is 5.73. The molecule has 0 bridgehead atoms. The number of benzene rings is 1. The molecule has 1 unspecified atom stereocenters. The molecular formula is C21H16O6. The summed E-state index contributed by atoms with van der Waals surface area (Å²) in [6.45, 7) is 6.67. The number of allylic oxidation sites excluding steroid dienone is 3. The summed E-state index contributed by atoms with van der Waals surface area (Å²) in [7, 11) is 0. The number of carbonyl (C=O) groups is 2. The van der Waals surface area contributed by atoms with Gasteiger partial charge in [-0.05, 0) is 36.8 Å². The van der Waals surface area contributed by atoms with Crippen LogP contribution in [0.4, 0.5) is 0 Å². The first-order chi connectivity index (χ1) is 13.0. The maximum absolute atomic E-state index is 12.5. The first-order valence-electron chi connectivity index (χ1n) is 8.15. The number of fused-ring (bicyclic) bond motifs is 1. The summed E-state index contributed by atoms with van der Waals surface area (Å²) in [5, 5.41) is 0.309. The SMILES string of the molecule is C=CC(=O)OC1=CCC(c2cc(=O)c3cc(OC(=O)C=C)ccc3o2)C=C1. The van der Waals surface area contributed by atoms with Gasteiger partial charge in [0.15, 0.2) is 5.43 Å².